The molecule has 0 radical (unpaired) electrons. The number of anilines is 2. The van der Waals surface area contributed by atoms with E-state index in [0.29, 0.717) is 28.3 Å². The van der Waals surface area contributed by atoms with Crippen LogP contribution in [-0.2, 0) is 4.74 Å². The predicted molar refractivity (Wildman–Crippen MR) is 113 cm³/mol. The van der Waals surface area contributed by atoms with Crippen LogP contribution in [0.3, 0.4) is 0 Å². The zero-order valence-corrected chi connectivity index (χ0v) is 16.8. The third kappa shape index (κ3) is 5.78. The van der Waals surface area contributed by atoms with E-state index in [1.54, 1.807) is 69.3 Å². The highest BCUT2D eigenvalue weighted by Crippen LogP contribution is 2.20. The van der Waals surface area contributed by atoms with Gasteiger partial charge in [0.15, 0.2) is 5.82 Å². The van der Waals surface area contributed by atoms with Gasteiger partial charge in [-0.1, -0.05) is 12.1 Å². The number of phenols is 1. The molecular formula is C22H22N4O4. The molecule has 2 amide bonds. The first kappa shape index (κ1) is 20.8. The highest BCUT2D eigenvalue weighted by Gasteiger charge is 2.16. The van der Waals surface area contributed by atoms with E-state index in [4.69, 9.17) is 4.74 Å². The maximum absolute atomic E-state index is 12.4. The summed E-state index contributed by atoms with van der Waals surface area (Å²) in [5.41, 5.74) is 1.42. The van der Waals surface area contributed by atoms with Gasteiger partial charge >= 0.3 is 6.09 Å². The Hall–Kier alpha value is -3.94. The molecule has 1 aromatic heterocycles. The van der Waals surface area contributed by atoms with E-state index in [9.17, 15) is 14.7 Å². The van der Waals surface area contributed by atoms with Gasteiger partial charge < -0.3 is 15.2 Å². The lowest BCUT2D eigenvalue weighted by Crippen LogP contribution is -2.27. The van der Waals surface area contributed by atoms with Crippen LogP contribution in [0.1, 0.15) is 31.1 Å². The number of hydrogen-bond acceptors (Lipinski definition) is 6. The van der Waals surface area contributed by atoms with E-state index < -0.39 is 11.7 Å². The average Bonchev–Trinajstić information content (AvgIpc) is 2.67. The zero-order valence-electron chi connectivity index (χ0n) is 16.8. The monoisotopic (exact) mass is 406 g/mol. The number of nitrogens with zero attached hydrogens (tertiary/aromatic N) is 2. The predicted octanol–water partition coefficient (Wildman–Crippen LogP) is 4.45. The molecule has 0 bridgehead atoms. The minimum atomic E-state index is -0.595. The standard InChI is InChI=1S/C22H22N4O4/c1-22(2,3)30-21(29)26-16-9-7-14(8-10-16)20(28)25-17-12-23-19(24-13-17)15-5-4-6-18(27)11-15/h4-13,27H,1-3H3,(H,25,28)(H,26,29). The van der Waals surface area contributed by atoms with Gasteiger partial charge in [-0.05, 0) is 57.2 Å². The number of carbonyl (C=O) groups is 2. The van der Waals surface area contributed by atoms with Crippen molar-refractivity contribution in [1.82, 2.24) is 9.97 Å². The average molecular weight is 406 g/mol. The van der Waals surface area contributed by atoms with Crippen molar-refractivity contribution in [2.45, 2.75) is 26.4 Å². The lowest BCUT2D eigenvalue weighted by atomic mass is 10.2. The maximum Gasteiger partial charge on any atom is 0.412 e. The van der Waals surface area contributed by atoms with Crippen LogP contribution in [0.2, 0.25) is 0 Å². The van der Waals surface area contributed by atoms with Crippen LogP contribution >= 0.6 is 0 Å². The van der Waals surface area contributed by atoms with Crippen LogP contribution in [-0.4, -0.2) is 32.7 Å². The fourth-order valence-electron chi connectivity index (χ4n) is 2.52. The van der Waals surface area contributed by atoms with Crippen molar-refractivity contribution in [3.05, 3.63) is 66.5 Å². The molecule has 3 rings (SSSR count). The van der Waals surface area contributed by atoms with Crippen molar-refractivity contribution in [1.29, 1.82) is 0 Å². The molecule has 0 atom stereocenters. The third-order valence-electron chi connectivity index (χ3n) is 3.81. The quantitative estimate of drug-likeness (QED) is 0.590. The lowest BCUT2D eigenvalue weighted by Gasteiger charge is -2.19. The molecule has 0 saturated carbocycles. The second kappa shape index (κ2) is 8.60. The molecule has 2 aromatic carbocycles. The summed E-state index contributed by atoms with van der Waals surface area (Å²) in [4.78, 5) is 32.6. The Bertz CT molecular complexity index is 1040. The Kier molecular flexibility index (Phi) is 5.96. The Labute approximate surface area is 174 Å². The first-order valence-electron chi connectivity index (χ1n) is 9.22. The van der Waals surface area contributed by atoms with E-state index in [1.807, 2.05) is 0 Å². The number of rotatable bonds is 4. The summed E-state index contributed by atoms with van der Waals surface area (Å²) in [5.74, 6) is 0.215. The summed E-state index contributed by atoms with van der Waals surface area (Å²) in [6.07, 6.45) is 2.41. The van der Waals surface area contributed by atoms with Gasteiger partial charge in [0, 0.05) is 16.8 Å². The summed E-state index contributed by atoms with van der Waals surface area (Å²) in [6, 6.07) is 13.0. The van der Waals surface area contributed by atoms with Crippen molar-refractivity contribution in [2.24, 2.45) is 0 Å². The van der Waals surface area contributed by atoms with E-state index >= 15 is 0 Å². The summed E-state index contributed by atoms with van der Waals surface area (Å²) in [7, 11) is 0. The second-order valence-corrected chi connectivity index (χ2v) is 7.50. The molecule has 0 aliphatic rings. The number of benzene rings is 2. The summed E-state index contributed by atoms with van der Waals surface area (Å²) in [5, 5.41) is 14.9. The van der Waals surface area contributed by atoms with E-state index in [0.717, 1.165) is 0 Å². The highest BCUT2D eigenvalue weighted by molar-refractivity contribution is 6.04. The first-order chi connectivity index (χ1) is 14.2. The van der Waals surface area contributed by atoms with Gasteiger partial charge in [-0.15, -0.1) is 0 Å². The summed E-state index contributed by atoms with van der Waals surface area (Å²) < 4.78 is 5.19. The molecule has 0 spiro atoms. The fraction of sp³-hybridized carbons (Fsp3) is 0.182. The number of aromatic nitrogens is 2. The molecule has 1 heterocycles. The van der Waals surface area contributed by atoms with Gasteiger partial charge in [-0.25, -0.2) is 14.8 Å². The smallest absolute Gasteiger partial charge is 0.412 e. The molecule has 154 valence electrons. The Morgan fingerprint density at radius 3 is 2.20 bits per heavy atom. The SMILES string of the molecule is CC(C)(C)OC(=O)Nc1ccc(C(=O)Nc2cnc(-c3cccc(O)c3)nc2)cc1. The molecule has 30 heavy (non-hydrogen) atoms. The number of carbonyl (C=O) groups excluding carboxylic acids is 2. The minimum Gasteiger partial charge on any atom is -0.508 e. The number of ether oxygens (including phenoxy) is 1. The second-order valence-electron chi connectivity index (χ2n) is 7.50. The van der Waals surface area contributed by atoms with Crippen molar-refractivity contribution in [3.63, 3.8) is 0 Å². The van der Waals surface area contributed by atoms with Crippen LogP contribution in [0.5, 0.6) is 5.75 Å². The largest absolute Gasteiger partial charge is 0.508 e. The molecule has 3 aromatic rings. The van der Waals surface area contributed by atoms with Crippen LogP contribution < -0.4 is 10.6 Å². The fourth-order valence-corrected chi connectivity index (χ4v) is 2.52. The zero-order chi connectivity index (χ0) is 21.7. The summed E-state index contributed by atoms with van der Waals surface area (Å²) >= 11 is 0. The van der Waals surface area contributed by atoms with Crippen LogP contribution in [0, 0.1) is 0 Å². The van der Waals surface area contributed by atoms with Crippen molar-refractivity contribution in [2.75, 3.05) is 10.6 Å². The van der Waals surface area contributed by atoms with Gasteiger partial charge in [-0.2, -0.15) is 0 Å². The van der Waals surface area contributed by atoms with Gasteiger partial charge in [0.25, 0.3) is 5.91 Å². The van der Waals surface area contributed by atoms with Crippen molar-refractivity contribution < 1.29 is 19.4 Å². The number of phenolic OH excluding ortho intramolecular Hbond substituents is 1. The minimum absolute atomic E-state index is 0.123. The van der Waals surface area contributed by atoms with E-state index in [-0.39, 0.29) is 11.7 Å². The van der Waals surface area contributed by atoms with Crippen molar-refractivity contribution in [3.8, 4) is 17.1 Å². The molecule has 0 saturated heterocycles. The van der Waals surface area contributed by atoms with Gasteiger partial charge in [-0.3, -0.25) is 10.1 Å². The van der Waals surface area contributed by atoms with Gasteiger partial charge in [0.1, 0.15) is 11.4 Å². The summed E-state index contributed by atoms with van der Waals surface area (Å²) in [6.45, 7) is 5.33. The van der Waals surface area contributed by atoms with Gasteiger partial charge in [0.05, 0.1) is 18.1 Å². The molecular weight excluding hydrogens is 384 g/mol. The molecule has 0 unspecified atom stereocenters. The van der Waals surface area contributed by atoms with Crippen molar-refractivity contribution >= 4 is 23.4 Å². The van der Waals surface area contributed by atoms with E-state index in [1.165, 1.54) is 12.4 Å². The topological polar surface area (TPSA) is 113 Å². The molecule has 0 aliphatic heterocycles. The van der Waals surface area contributed by atoms with Crippen LogP contribution in [0.25, 0.3) is 11.4 Å². The number of amides is 2. The van der Waals surface area contributed by atoms with Crippen LogP contribution in [0.15, 0.2) is 60.9 Å². The maximum atomic E-state index is 12.4. The molecule has 3 N–H and O–H groups in total. The Morgan fingerprint density at radius 2 is 1.60 bits per heavy atom. The third-order valence-corrected chi connectivity index (χ3v) is 3.81. The lowest BCUT2D eigenvalue weighted by molar-refractivity contribution is 0.0636. The van der Waals surface area contributed by atoms with E-state index in [2.05, 4.69) is 20.6 Å². The highest BCUT2D eigenvalue weighted by atomic mass is 16.6. The molecule has 8 heteroatoms. The molecule has 0 fully saturated rings. The van der Waals surface area contributed by atoms with Gasteiger partial charge in [0.2, 0.25) is 0 Å². The Balaban J connectivity index is 1.61. The Morgan fingerprint density at radius 1 is 0.933 bits per heavy atom. The number of aromatic hydroxyl groups is 1. The first-order valence-corrected chi connectivity index (χ1v) is 9.22. The molecule has 8 nitrogen and oxygen atoms in total. The molecule has 0 aliphatic carbocycles. The normalized spacial score (nSPS) is 10.9. The van der Waals surface area contributed by atoms with Crippen LogP contribution in [0.4, 0.5) is 16.2 Å². The number of nitrogens with one attached hydrogen (secondary N) is 2. The number of hydrogen-bond donors (Lipinski definition) is 3.